The van der Waals surface area contributed by atoms with Gasteiger partial charge in [-0.3, -0.25) is 9.69 Å². The zero-order valence-electron chi connectivity index (χ0n) is 15.2. The van der Waals surface area contributed by atoms with Crippen LogP contribution in [-0.4, -0.2) is 53.3 Å². The number of nitrogens with one attached hydrogen (secondary N) is 1. The van der Waals surface area contributed by atoms with Crippen LogP contribution in [0.15, 0.2) is 0 Å². The molecule has 0 aliphatic carbocycles. The molecular weight excluding hydrogens is 360 g/mol. The molecule has 8 heteroatoms. The fraction of sp³-hybridized carbons (Fsp3) is 0.824. The molecule has 0 saturated carbocycles. The van der Waals surface area contributed by atoms with Crippen molar-refractivity contribution in [2.45, 2.75) is 46.2 Å². The van der Waals surface area contributed by atoms with E-state index in [9.17, 15) is 4.79 Å². The Kier molecular flexibility index (Phi) is 7.61. The first-order valence-corrected chi connectivity index (χ1v) is 9.74. The van der Waals surface area contributed by atoms with E-state index < -0.39 is 0 Å². The number of hydrogen-bond donors (Lipinski definition) is 1. The highest BCUT2D eigenvalue weighted by Crippen LogP contribution is 2.27. The van der Waals surface area contributed by atoms with Crippen LogP contribution in [-0.2, 0) is 16.1 Å². The molecule has 1 aromatic rings. The summed E-state index contributed by atoms with van der Waals surface area (Å²) in [5, 5.41) is 13.7. The highest BCUT2D eigenvalue weighted by molar-refractivity contribution is 7.11. The van der Waals surface area contributed by atoms with Crippen molar-refractivity contribution in [1.82, 2.24) is 20.4 Å². The predicted octanol–water partition coefficient (Wildman–Crippen LogP) is 2.27. The van der Waals surface area contributed by atoms with Crippen molar-refractivity contribution in [3.63, 3.8) is 0 Å². The minimum absolute atomic E-state index is 0. The summed E-state index contributed by atoms with van der Waals surface area (Å²) in [6, 6.07) is 0.231. The third kappa shape index (κ3) is 5.36. The molecule has 142 valence electrons. The summed E-state index contributed by atoms with van der Waals surface area (Å²) in [4.78, 5) is 15.0. The molecule has 3 heterocycles. The molecule has 2 saturated heterocycles. The summed E-state index contributed by atoms with van der Waals surface area (Å²) in [7, 11) is 0. The van der Waals surface area contributed by atoms with Crippen LogP contribution in [0, 0.1) is 24.7 Å². The van der Waals surface area contributed by atoms with Crippen molar-refractivity contribution in [3.05, 3.63) is 10.0 Å². The van der Waals surface area contributed by atoms with E-state index in [4.69, 9.17) is 4.74 Å². The highest BCUT2D eigenvalue weighted by Gasteiger charge is 2.37. The average Bonchev–Trinajstić information content (AvgIpc) is 3.15. The van der Waals surface area contributed by atoms with Gasteiger partial charge in [-0.15, -0.1) is 33.9 Å². The molecule has 2 aliphatic heterocycles. The van der Waals surface area contributed by atoms with Gasteiger partial charge in [0.15, 0.2) is 0 Å². The van der Waals surface area contributed by atoms with Gasteiger partial charge in [-0.1, -0.05) is 13.8 Å². The van der Waals surface area contributed by atoms with Crippen molar-refractivity contribution in [2.24, 2.45) is 17.8 Å². The number of rotatable bonds is 5. The number of aromatic nitrogens is 2. The smallest absolute Gasteiger partial charge is 0.223 e. The number of nitrogens with zero attached hydrogens (tertiary/aromatic N) is 3. The van der Waals surface area contributed by atoms with Gasteiger partial charge in [0, 0.05) is 38.3 Å². The highest BCUT2D eigenvalue weighted by atomic mass is 35.5. The van der Waals surface area contributed by atoms with E-state index in [1.807, 2.05) is 6.92 Å². The number of carbonyl (C=O) groups is 1. The van der Waals surface area contributed by atoms with E-state index >= 15 is 0 Å². The maximum Gasteiger partial charge on any atom is 0.223 e. The lowest BCUT2D eigenvalue weighted by atomic mass is 9.90. The van der Waals surface area contributed by atoms with Gasteiger partial charge >= 0.3 is 0 Å². The molecule has 1 N–H and O–H groups in total. The third-order valence-electron chi connectivity index (χ3n) is 5.14. The van der Waals surface area contributed by atoms with Crippen LogP contribution in [0.25, 0.3) is 0 Å². The maximum atomic E-state index is 12.6. The largest absolute Gasteiger partial charge is 0.381 e. The average molecular weight is 389 g/mol. The first kappa shape index (κ1) is 20.6. The van der Waals surface area contributed by atoms with Gasteiger partial charge in [-0.2, -0.15) is 0 Å². The Morgan fingerprint density at radius 3 is 2.64 bits per heavy atom. The van der Waals surface area contributed by atoms with Crippen LogP contribution in [0.1, 0.15) is 36.7 Å². The number of ether oxygens (including phenoxy) is 1. The van der Waals surface area contributed by atoms with Crippen LogP contribution in [0.3, 0.4) is 0 Å². The van der Waals surface area contributed by atoms with Crippen molar-refractivity contribution in [3.8, 4) is 0 Å². The molecule has 2 atom stereocenters. The zero-order valence-corrected chi connectivity index (χ0v) is 16.9. The fourth-order valence-corrected chi connectivity index (χ4v) is 4.48. The zero-order chi connectivity index (χ0) is 17.1. The molecule has 1 aromatic heterocycles. The SMILES string of the molecule is Cc1nnc(CN2C[C@H](NC(=O)C3CCOCC3)[C@@H](C(C)C)C2)s1.Cl. The van der Waals surface area contributed by atoms with Gasteiger partial charge in [0.05, 0.1) is 6.54 Å². The lowest BCUT2D eigenvalue weighted by molar-refractivity contribution is -0.128. The molecular formula is C17H29ClN4O2S. The number of hydrogen-bond acceptors (Lipinski definition) is 6. The minimum atomic E-state index is 0. The van der Waals surface area contributed by atoms with E-state index in [0.717, 1.165) is 42.5 Å². The number of amides is 1. The van der Waals surface area contributed by atoms with Crippen molar-refractivity contribution < 1.29 is 9.53 Å². The molecule has 0 radical (unpaired) electrons. The van der Waals surface area contributed by atoms with Gasteiger partial charge in [0.2, 0.25) is 5.91 Å². The van der Waals surface area contributed by atoms with Gasteiger partial charge in [0.1, 0.15) is 10.0 Å². The Morgan fingerprint density at radius 2 is 2.04 bits per heavy atom. The van der Waals surface area contributed by atoms with E-state index in [0.29, 0.717) is 25.0 Å². The predicted molar refractivity (Wildman–Crippen MR) is 101 cm³/mol. The van der Waals surface area contributed by atoms with Crippen LogP contribution >= 0.6 is 23.7 Å². The second-order valence-corrected chi connectivity index (χ2v) is 8.58. The van der Waals surface area contributed by atoms with Gasteiger partial charge in [-0.05, 0) is 31.6 Å². The summed E-state index contributed by atoms with van der Waals surface area (Å²) >= 11 is 1.66. The maximum absolute atomic E-state index is 12.6. The Bertz CT molecular complexity index is 563. The molecule has 0 bridgehead atoms. The van der Waals surface area contributed by atoms with Crippen LogP contribution < -0.4 is 5.32 Å². The Morgan fingerprint density at radius 1 is 1.32 bits per heavy atom. The first-order valence-electron chi connectivity index (χ1n) is 8.92. The molecule has 2 fully saturated rings. The number of halogens is 1. The summed E-state index contributed by atoms with van der Waals surface area (Å²) in [5.41, 5.74) is 0. The summed E-state index contributed by atoms with van der Waals surface area (Å²) in [6.45, 7) is 10.6. The molecule has 6 nitrogen and oxygen atoms in total. The molecule has 0 unspecified atom stereocenters. The number of carbonyl (C=O) groups excluding carboxylic acids is 1. The van der Waals surface area contributed by atoms with Gasteiger partial charge < -0.3 is 10.1 Å². The normalized spacial score (nSPS) is 25.1. The second-order valence-electron chi connectivity index (χ2n) is 7.32. The second kappa shape index (κ2) is 9.26. The molecule has 25 heavy (non-hydrogen) atoms. The van der Waals surface area contributed by atoms with Gasteiger partial charge in [-0.25, -0.2) is 0 Å². The molecule has 3 rings (SSSR count). The third-order valence-corrected chi connectivity index (χ3v) is 5.97. The van der Waals surface area contributed by atoms with Gasteiger partial charge in [0.25, 0.3) is 0 Å². The van der Waals surface area contributed by atoms with E-state index in [2.05, 4.69) is 34.3 Å². The molecule has 0 spiro atoms. The molecule has 2 aliphatic rings. The fourth-order valence-electron chi connectivity index (χ4n) is 3.72. The standard InChI is InChI=1S/C17H28N4O2S.ClH/c1-11(2)14-8-21(10-16-20-19-12(3)24-16)9-15(14)18-17(22)13-4-6-23-7-5-13;/h11,13-15H,4-10H2,1-3H3,(H,18,22);1H/t14-,15+;/m1./s1. The van der Waals surface area contributed by atoms with E-state index in [1.165, 1.54) is 0 Å². The van der Waals surface area contributed by atoms with E-state index in [-0.39, 0.29) is 30.3 Å². The first-order chi connectivity index (χ1) is 11.5. The summed E-state index contributed by atoms with van der Waals surface area (Å²) in [6.07, 6.45) is 1.69. The topological polar surface area (TPSA) is 67.4 Å². The monoisotopic (exact) mass is 388 g/mol. The van der Waals surface area contributed by atoms with Crippen molar-refractivity contribution >= 4 is 29.7 Å². The van der Waals surface area contributed by atoms with Crippen molar-refractivity contribution in [1.29, 1.82) is 0 Å². The quantitative estimate of drug-likeness (QED) is 0.838. The Labute approximate surface area is 160 Å². The molecule has 1 amide bonds. The summed E-state index contributed by atoms with van der Waals surface area (Å²) in [5.74, 6) is 1.36. The minimum Gasteiger partial charge on any atom is -0.381 e. The molecule has 0 aromatic carbocycles. The lowest BCUT2D eigenvalue weighted by Crippen LogP contribution is -2.45. The van der Waals surface area contributed by atoms with Crippen LogP contribution in [0.4, 0.5) is 0 Å². The van der Waals surface area contributed by atoms with Crippen LogP contribution in [0.5, 0.6) is 0 Å². The Balaban J connectivity index is 0.00000225. The summed E-state index contributed by atoms with van der Waals surface area (Å²) < 4.78 is 5.36. The van der Waals surface area contributed by atoms with Crippen molar-refractivity contribution in [2.75, 3.05) is 26.3 Å². The number of aryl methyl sites for hydroxylation is 1. The number of likely N-dealkylation sites (tertiary alicyclic amines) is 1. The lowest BCUT2D eigenvalue weighted by Gasteiger charge is -2.27. The van der Waals surface area contributed by atoms with E-state index in [1.54, 1.807) is 11.3 Å². The van der Waals surface area contributed by atoms with Crippen LogP contribution in [0.2, 0.25) is 0 Å². The Hall–Kier alpha value is -0.760.